The van der Waals surface area contributed by atoms with Crippen molar-refractivity contribution >= 4 is 15.7 Å². The van der Waals surface area contributed by atoms with E-state index in [1.54, 1.807) is 0 Å². The van der Waals surface area contributed by atoms with Gasteiger partial charge in [0.2, 0.25) is 0 Å². The summed E-state index contributed by atoms with van der Waals surface area (Å²) in [5.74, 6) is -2.82. The highest BCUT2D eigenvalue weighted by molar-refractivity contribution is 7.91. The third-order valence-electron chi connectivity index (χ3n) is 4.43. The summed E-state index contributed by atoms with van der Waals surface area (Å²) in [4.78, 5) is 14.3. The minimum absolute atomic E-state index is 0.0200. The third kappa shape index (κ3) is 3.53. The third-order valence-corrected chi connectivity index (χ3v) is 6.15. The summed E-state index contributed by atoms with van der Waals surface area (Å²) in [6, 6.07) is 2.10. The van der Waals surface area contributed by atoms with Crippen LogP contribution in [0.2, 0.25) is 0 Å². The Morgan fingerprint density at radius 3 is 2.48 bits per heavy atom. The maximum atomic E-state index is 13.2. The molecule has 0 aliphatic carbocycles. The van der Waals surface area contributed by atoms with Crippen molar-refractivity contribution in [2.45, 2.75) is 24.9 Å². The fraction of sp³-hybridized carbons (Fsp3) is 0.533. The molecule has 1 N–H and O–H groups in total. The topological polar surface area (TPSA) is 66.5 Å². The van der Waals surface area contributed by atoms with Crippen LogP contribution < -0.4 is 5.32 Å². The quantitative estimate of drug-likeness (QED) is 0.887. The molecule has 2 aliphatic heterocycles. The molecule has 3 rings (SSSR count). The van der Waals surface area contributed by atoms with Gasteiger partial charge < -0.3 is 5.32 Å². The summed E-state index contributed by atoms with van der Waals surface area (Å²) < 4.78 is 50.1. The molecule has 2 saturated heterocycles. The molecule has 0 aromatic heterocycles. The number of carbonyl (C=O) groups is 1. The molecule has 2 aliphatic rings. The zero-order valence-electron chi connectivity index (χ0n) is 12.5. The lowest BCUT2D eigenvalue weighted by molar-refractivity contribution is 0.0918. The van der Waals surface area contributed by atoms with Gasteiger partial charge in [0.15, 0.2) is 21.5 Å². The molecule has 0 unspecified atom stereocenters. The van der Waals surface area contributed by atoms with E-state index in [9.17, 15) is 22.0 Å². The Bertz CT molecular complexity index is 717. The first-order valence-corrected chi connectivity index (χ1v) is 9.38. The number of sulfone groups is 1. The highest BCUT2D eigenvalue weighted by atomic mass is 32.2. The van der Waals surface area contributed by atoms with Crippen molar-refractivity contribution in [2.75, 3.05) is 24.6 Å². The van der Waals surface area contributed by atoms with Crippen molar-refractivity contribution < 1.29 is 22.0 Å². The first kappa shape index (κ1) is 16.3. The number of rotatable bonds is 3. The molecule has 8 heteroatoms. The average molecular weight is 344 g/mol. The van der Waals surface area contributed by atoms with Crippen molar-refractivity contribution in [1.82, 2.24) is 10.2 Å². The Labute approximate surface area is 133 Å². The number of benzene rings is 1. The Morgan fingerprint density at radius 1 is 1.13 bits per heavy atom. The van der Waals surface area contributed by atoms with Crippen molar-refractivity contribution in [3.63, 3.8) is 0 Å². The van der Waals surface area contributed by atoms with Gasteiger partial charge in [0, 0.05) is 11.6 Å². The predicted molar refractivity (Wildman–Crippen MR) is 80.9 cm³/mol. The lowest BCUT2D eigenvalue weighted by atomic mass is 10.1. The van der Waals surface area contributed by atoms with E-state index in [1.165, 1.54) is 6.07 Å². The Hall–Kier alpha value is -1.54. The fourth-order valence-corrected chi connectivity index (χ4v) is 5.24. The number of hydrogen-bond donors (Lipinski definition) is 1. The van der Waals surface area contributed by atoms with Crippen LogP contribution in [0.25, 0.3) is 0 Å². The monoisotopic (exact) mass is 344 g/mol. The molecule has 1 aromatic carbocycles. The van der Waals surface area contributed by atoms with Crippen molar-refractivity contribution in [3.8, 4) is 0 Å². The zero-order valence-corrected chi connectivity index (χ0v) is 13.3. The predicted octanol–water partition coefficient (Wildman–Crippen LogP) is 0.956. The van der Waals surface area contributed by atoms with E-state index in [0.29, 0.717) is 0 Å². The van der Waals surface area contributed by atoms with Crippen molar-refractivity contribution in [2.24, 2.45) is 0 Å². The van der Waals surface area contributed by atoms with E-state index in [-0.39, 0.29) is 23.1 Å². The lowest BCUT2D eigenvalue weighted by Gasteiger charge is -2.28. The van der Waals surface area contributed by atoms with Crippen LogP contribution in [0, 0.1) is 11.6 Å². The normalized spacial score (nSPS) is 27.2. The van der Waals surface area contributed by atoms with Gasteiger partial charge in [-0.2, -0.15) is 0 Å². The van der Waals surface area contributed by atoms with Gasteiger partial charge in [0.25, 0.3) is 5.91 Å². The molecule has 1 aromatic rings. The first-order chi connectivity index (χ1) is 10.9. The molecule has 0 radical (unpaired) electrons. The van der Waals surface area contributed by atoms with Crippen molar-refractivity contribution in [1.29, 1.82) is 0 Å². The number of hydrogen-bond acceptors (Lipinski definition) is 4. The van der Waals surface area contributed by atoms with Crippen LogP contribution in [0.4, 0.5) is 8.78 Å². The Morgan fingerprint density at radius 2 is 1.83 bits per heavy atom. The Kier molecular flexibility index (Phi) is 4.37. The summed E-state index contributed by atoms with van der Waals surface area (Å²) >= 11 is 0. The van der Waals surface area contributed by atoms with Crippen LogP contribution in [-0.2, 0) is 9.84 Å². The van der Waals surface area contributed by atoms with Gasteiger partial charge in [-0.1, -0.05) is 0 Å². The van der Waals surface area contributed by atoms with Gasteiger partial charge in [-0.15, -0.1) is 0 Å². The van der Waals surface area contributed by atoms with Gasteiger partial charge >= 0.3 is 0 Å². The van der Waals surface area contributed by atoms with Gasteiger partial charge in [0.1, 0.15) is 0 Å². The van der Waals surface area contributed by atoms with E-state index >= 15 is 0 Å². The standard InChI is InChI=1S/C15H18F2N2O3S/c16-11-4-3-10(7-12(11)17)15(20)18-13-8-23(21,22)9-14(13)19-5-1-2-6-19/h3-4,7,13-14H,1-2,5-6,8-9H2,(H,18,20)/t13-,14-/m1/s1. The largest absolute Gasteiger partial charge is 0.347 e. The molecule has 1 amide bonds. The summed E-state index contributed by atoms with van der Waals surface area (Å²) in [7, 11) is -3.22. The molecule has 23 heavy (non-hydrogen) atoms. The molecular weight excluding hydrogens is 326 g/mol. The second kappa shape index (κ2) is 6.16. The van der Waals surface area contributed by atoms with Crippen LogP contribution >= 0.6 is 0 Å². The maximum Gasteiger partial charge on any atom is 0.251 e. The van der Waals surface area contributed by atoms with Crippen LogP contribution in [0.5, 0.6) is 0 Å². The van der Waals surface area contributed by atoms with Crippen LogP contribution in [-0.4, -0.2) is 55.9 Å². The molecular formula is C15H18F2N2O3S. The zero-order chi connectivity index (χ0) is 16.6. The van der Waals surface area contributed by atoms with E-state index < -0.39 is 33.4 Å². The number of amides is 1. The SMILES string of the molecule is O=C(N[C@@H]1CS(=O)(=O)C[C@H]1N1CCCC1)c1ccc(F)c(F)c1. The number of carbonyl (C=O) groups excluding carboxylic acids is 1. The van der Waals surface area contributed by atoms with E-state index in [0.717, 1.165) is 38.1 Å². The molecule has 2 atom stereocenters. The molecule has 0 spiro atoms. The maximum absolute atomic E-state index is 13.2. The van der Waals surface area contributed by atoms with Crippen LogP contribution in [0.3, 0.4) is 0 Å². The molecule has 2 fully saturated rings. The second-order valence-electron chi connectivity index (χ2n) is 6.10. The molecule has 5 nitrogen and oxygen atoms in total. The number of halogens is 2. The van der Waals surface area contributed by atoms with Crippen molar-refractivity contribution in [3.05, 3.63) is 35.4 Å². The van der Waals surface area contributed by atoms with E-state index in [4.69, 9.17) is 0 Å². The van der Waals surface area contributed by atoms with Gasteiger partial charge in [-0.3, -0.25) is 9.69 Å². The van der Waals surface area contributed by atoms with E-state index in [1.807, 2.05) is 0 Å². The molecule has 0 bridgehead atoms. The van der Waals surface area contributed by atoms with Gasteiger partial charge in [-0.25, -0.2) is 17.2 Å². The highest BCUT2D eigenvalue weighted by Gasteiger charge is 2.42. The second-order valence-corrected chi connectivity index (χ2v) is 8.25. The van der Waals surface area contributed by atoms with Crippen LogP contribution in [0.1, 0.15) is 23.2 Å². The number of likely N-dealkylation sites (tertiary alicyclic amines) is 1. The first-order valence-electron chi connectivity index (χ1n) is 7.56. The van der Waals surface area contributed by atoms with Gasteiger partial charge in [0.05, 0.1) is 17.5 Å². The highest BCUT2D eigenvalue weighted by Crippen LogP contribution is 2.23. The summed E-state index contributed by atoms with van der Waals surface area (Å²) in [6.45, 7) is 1.63. The van der Waals surface area contributed by atoms with E-state index in [2.05, 4.69) is 10.2 Å². The molecule has 0 saturated carbocycles. The minimum Gasteiger partial charge on any atom is -0.347 e. The molecule has 126 valence electrons. The Balaban J connectivity index is 1.76. The van der Waals surface area contributed by atoms with Gasteiger partial charge in [-0.05, 0) is 44.1 Å². The smallest absolute Gasteiger partial charge is 0.251 e. The average Bonchev–Trinajstić information content (AvgIpc) is 3.09. The summed E-state index contributed by atoms with van der Waals surface area (Å²) in [5, 5.41) is 2.68. The lowest BCUT2D eigenvalue weighted by Crippen LogP contribution is -2.50. The van der Waals surface area contributed by atoms with Crippen LogP contribution in [0.15, 0.2) is 18.2 Å². The molecule has 2 heterocycles. The summed E-state index contributed by atoms with van der Waals surface area (Å²) in [6.07, 6.45) is 2.03. The summed E-state index contributed by atoms with van der Waals surface area (Å²) in [5.41, 5.74) is -0.0200. The number of nitrogens with zero attached hydrogens (tertiary/aromatic N) is 1. The fourth-order valence-electron chi connectivity index (χ4n) is 3.29. The number of nitrogens with one attached hydrogen (secondary N) is 1. The minimum atomic E-state index is -3.22.